The lowest BCUT2D eigenvalue weighted by atomic mass is 10.3. The first kappa shape index (κ1) is 11.9. The highest BCUT2D eigenvalue weighted by Crippen LogP contribution is 2.03. The standard InChI is InChI=1S/C10H13N5O/c1-12-9-5-4-8(13-14-9)10(16)15(2)7-3-6-11/h4-5H,3,7H2,1-2H3,(H,12,14). The minimum absolute atomic E-state index is 0.231. The molecule has 0 aliphatic carbocycles. The molecule has 0 fully saturated rings. The molecule has 1 amide bonds. The Kier molecular flexibility index (Phi) is 4.21. The summed E-state index contributed by atoms with van der Waals surface area (Å²) < 4.78 is 0. The van der Waals surface area contributed by atoms with Crippen LogP contribution in [-0.4, -0.2) is 41.6 Å². The van der Waals surface area contributed by atoms with Crippen molar-refractivity contribution in [1.82, 2.24) is 15.1 Å². The van der Waals surface area contributed by atoms with Gasteiger partial charge in [-0.3, -0.25) is 4.79 Å². The number of nitriles is 1. The molecule has 6 nitrogen and oxygen atoms in total. The predicted molar refractivity (Wildman–Crippen MR) is 58.8 cm³/mol. The number of aromatic nitrogens is 2. The third kappa shape index (κ3) is 2.92. The summed E-state index contributed by atoms with van der Waals surface area (Å²) in [4.78, 5) is 13.2. The van der Waals surface area contributed by atoms with Crippen molar-refractivity contribution in [3.63, 3.8) is 0 Å². The van der Waals surface area contributed by atoms with Gasteiger partial charge in [0.1, 0.15) is 5.82 Å². The van der Waals surface area contributed by atoms with E-state index in [1.54, 1.807) is 26.2 Å². The predicted octanol–water partition coefficient (Wildman–Crippen LogP) is 0.504. The lowest BCUT2D eigenvalue weighted by Crippen LogP contribution is -2.28. The lowest BCUT2D eigenvalue weighted by Gasteiger charge is -2.14. The number of amides is 1. The fourth-order valence-corrected chi connectivity index (χ4v) is 1.09. The van der Waals surface area contributed by atoms with E-state index in [-0.39, 0.29) is 11.6 Å². The van der Waals surface area contributed by atoms with E-state index in [1.165, 1.54) is 4.90 Å². The summed E-state index contributed by atoms with van der Waals surface area (Å²) >= 11 is 0. The van der Waals surface area contributed by atoms with Crippen LogP contribution in [0, 0.1) is 11.3 Å². The SMILES string of the molecule is CNc1ccc(C(=O)N(C)CCC#N)nn1. The van der Waals surface area contributed by atoms with E-state index in [9.17, 15) is 4.79 Å². The molecular formula is C10H13N5O. The Bertz CT molecular complexity index is 395. The number of nitrogens with zero attached hydrogens (tertiary/aromatic N) is 4. The number of carbonyl (C=O) groups excluding carboxylic acids is 1. The number of rotatable bonds is 4. The number of carbonyl (C=O) groups is 1. The molecule has 0 aromatic carbocycles. The molecule has 84 valence electrons. The van der Waals surface area contributed by atoms with Crippen molar-refractivity contribution in [2.24, 2.45) is 0 Å². The molecule has 0 unspecified atom stereocenters. The second kappa shape index (κ2) is 5.66. The molecule has 0 radical (unpaired) electrons. The number of hydrogen-bond donors (Lipinski definition) is 1. The van der Waals surface area contributed by atoms with Gasteiger partial charge in [-0.05, 0) is 12.1 Å². The van der Waals surface area contributed by atoms with E-state index in [4.69, 9.17) is 5.26 Å². The van der Waals surface area contributed by atoms with Crippen molar-refractivity contribution < 1.29 is 4.79 Å². The van der Waals surface area contributed by atoms with E-state index in [1.807, 2.05) is 6.07 Å². The van der Waals surface area contributed by atoms with Crippen molar-refractivity contribution in [1.29, 1.82) is 5.26 Å². The molecule has 16 heavy (non-hydrogen) atoms. The Labute approximate surface area is 93.9 Å². The first-order chi connectivity index (χ1) is 7.69. The molecule has 0 saturated carbocycles. The highest BCUT2D eigenvalue weighted by molar-refractivity contribution is 5.92. The smallest absolute Gasteiger partial charge is 0.274 e. The minimum atomic E-state index is -0.231. The quantitative estimate of drug-likeness (QED) is 0.797. The largest absolute Gasteiger partial charge is 0.372 e. The number of hydrogen-bond acceptors (Lipinski definition) is 5. The van der Waals surface area contributed by atoms with Crippen LogP contribution in [0.5, 0.6) is 0 Å². The maximum Gasteiger partial charge on any atom is 0.274 e. The van der Waals surface area contributed by atoms with Gasteiger partial charge in [-0.2, -0.15) is 5.26 Å². The monoisotopic (exact) mass is 219 g/mol. The molecule has 0 bridgehead atoms. The average molecular weight is 219 g/mol. The lowest BCUT2D eigenvalue weighted by molar-refractivity contribution is 0.0791. The van der Waals surface area contributed by atoms with Gasteiger partial charge in [-0.25, -0.2) is 0 Å². The zero-order valence-electron chi connectivity index (χ0n) is 9.27. The Morgan fingerprint density at radius 2 is 2.31 bits per heavy atom. The van der Waals surface area contributed by atoms with Gasteiger partial charge in [0.05, 0.1) is 12.5 Å². The van der Waals surface area contributed by atoms with Crippen LogP contribution in [0.2, 0.25) is 0 Å². The third-order valence-corrected chi connectivity index (χ3v) is 2.05. The van der Waals surface area contributed by atoms with Crippen molar-refractivity contribution in [3.05, 3.63) is 17.8 Å². The van der Waals surface area contributed by atoms with Crippen molar-refractivity contribution in [2.45, 2.75) is 6.42 Å². The van der Waals surface area contributed by atoms with Gasteiger partial charge in [0, 0.05) is 20.6 Å². The van der Waals surface area contributed by atoms with Crippen LogP contribution >= 0.6 is 0 Å². The van der Waals surface area contributed by atoms with Crippen LogP contribution in [0.1, 0.15) is 16.9 Å². The van der Waals surface area contributed by atoms with Gasteiger partial charge in [-0.15, -0.1) is 10.2 Å². The number of anilines is 1. The molecule has 1 aromatic rings. The summed E-state index contributed by atoms with van der Waals surface area (Å²) in [7, 11) is 3.36. The van der Waals surface area contributed by atoms with Gasteiger partial charge >= 0.3 is 0 Å². The van der Waals surface area contributed by atoms with E-state index in [2.05, 4.69) is 15.5 Å². The van der Waals surface area contributed by atoms with Crippen molar-refractivity contribution in [2.75, 3.05) is 26.0 Å². The van der Waals surface area contributed by atoms with Gasteiger partial charge < -0.3 is 10.2 Å². The molecule has 0 atom stereocenters. The normalized spacial score (nSPS) is 9.31. The maximum absolute atomic E-state index is 11.7. The average Bonchev–Trinajstić information content (AvgIpc) is 2.35. The Balaban J connectivity index is 2.69. The van der Waals surface area contributed by atoms with Crippen LogP contribution in [0.4, 0.5) is 5.82 Å². The van der Waals surface area contributed by atoms with Gasteiger partial charge in [-0.1, -0.05) is 0 Å². The molecule has 1 N–H and O–H groups in total. The Morgan fingerprint density at radius 1 is 1.56 bits per heavy atom. The molecule has 1 heterocycles. The molecule has 0 aliphatic heterocycles. The van der Waals surface area contributed by atoms with Gasteiger partial charge in [0.15, 0.2) is 5.69 Å². The van der Waals surface area contributed by atoms with Crippen LogP contribution in [-0.2, 0) is 0 Å². The highest BCUT2D eigenvalue weighted by atomic mass is 16.2. The molecule has 6 heteroatoms. The molecule has 1 aromatic heterocycles. The van der Waals surface area contributed by atoms with Crippen LogP contribution in [0.25, 0.3) is 0 Å². The first-order valence-electron chi connectivity index (χ1n) is 4.83. The second-order valence-electron chi connectivity index (χ2n) is 3.19. The van der Waals surface area contributed by atoms with Gasteiger partial charge in [0.2, 0.25) is 0 Å². The molecule has 0 aliphatic rings. The third-order valence-electron chi connectivity index (χ3n) is 2.05. The number of nitrogens with one attached hydrogen (secondary N) is 1. The second-order valence-corrected chi connectivity index (χ2v) is 3.19. The minimum Gasteiger partial charge on any atom is -0.372 e. The van der Waals surface area contributed by atoms with Crippen LogP contribution < -0.4 is 5.32 Å². The van der Waals surface area contributed by atoms with Gasteiger partial charge in [0.25, 0.3) is 5.91 Å². The zero-order chi connectivity index (χ0) is 12.0. The van der Waals surface area contributed by atoms with Crippen LogP contribution in [0.3, 0.4) is 0 Å². The summed E-state index contributed by atoms with van der Waals surface area (Å²) in [6, 6.07) is 5.26. The first-order valence-corrected chi connectivity index (χ1v) is 4.83. The molecule has 1 rings (SSSR count). The fraction of sp³-hybridized carbons (Fsp3) is 0.400. The molecule has 0 saturated heterocycles. The highest BCUT2D eigenvalue weighted by Gasteiger charge is 2.12. The summed E-state index contributed by atoms with van der Waals surface area (Å²) in [5.41, 5.74) is 0.277. The zero-order valence-corrected chi connectivity index (χ0v) is 9.27. The van der Waals surface area contributed by atoms with E-state index >= 15 is 0 Å². The fourth-order valence-electron chi connectivity index (χ4n) is 1.09. The summed E-state index contributed by atoms with van der Waals surface area (Å²) in [5, 5.41) is 18.8. The summed E-state index contributed by atoms with van der Waals surface area (Å²) in [6.45, 7) is 0.394. The van der Waals surface area contributed by atoms with E-state index in [0.717, 1.165) is 0 Å². The van der Waals surface area contributed by atoms with E-state index in [0.29, 0.717) is 18.8 Å². The summed E-state index contributed by atoms with van der Waals surface area (Å²) in [6.07, 6.45) is 0.310. The Morgan fingerprint density at radius 3 is 2.81 bits per heavy atom. The van der Waals surface area contributed by atoms with Crippen LogP contribution in [0.15, 0.2) is 12.1 Å². The summed E-state index contributed by atoms with van der Waals surface area (Å²) in [5.74, 6) is 0.377. The van der Waals surface area contributed by atoms with Crippen molar-refractivity contribution in [3.8, 4) is 6.07 Å². The Hall–Kier alpha value is -2.16. The van der Waals surface area contributed by atoms with E-state index < -0.39 is 0 Å². The molecular weight excluding hydrogens is 206 g/mol. The maximum atomic E-state index is 11.7. The molecule has 0 spiro atoms. The topological polar surface area (TPSA) is 81.9 Å². The van der Waals surface area contributed by atoms with Crippen molar-refractivity contribution >= 4 is 11.7 Å².